The molecule has 104 valence electrons. The van der Waals surface area contributed by atoms with Crippen molar-refractivity contribution in [3.8, 4) is 6.07 Å². The molecule has 0 spiro atoms. The summed E-state index contributed by atoms with van der Waals surface area (Å²) >= 11 is 0. The van der Waals surface area contributed by atoms with Gasteiger partial charge in [-0.05, 0) is 17.7 Å². The lowest BCUT2D eigenvalue weighted by atomic mass is 10.1. The molecule has 1 aromatic rings. The van der Waals surface area contributed by atoms with Crippen molar-refractivity contribution in [2.75, 3.05) is 0 Å². The van der Waals surface area contributed by atoms with Crippen LogP contribution in [-0.2, 0) is 16.1 Å². The number of rotatable bonds is 5. The molecule has 0 radical (unpaired) electrons. The summed E-state index contributed by atoms with van der Waals surface area (Å²) in [6, 6.07) is 7.89. The van der Waals surface area contributed by atoms with E-state index in [1.54, 1.807) is 24.3 Å². The normalized spacial score (nSPS) is 9.35. The Morgan fingerprint density at radius 3 is 2.35 bits per heavy atom. The Morgan fingerprint density at radius 1 is 1.15 bits per heavy atom. The number of carbonyl (C=O) groups is 3. The SMILES string of the molecule is N#Cc1ccc(CNC(=O)NC(=O)CCC(=O)O)cc1. The predicted octanol–water partition coefficient (Wildman–Crippen LogP) is 0.749. The highest BCUT2D eigenvalue weighted by atomic mass is 16.4. The third-order valence-electron chi connectivity index (χ3n) is 2.35. The topological polar surface area (TPSA) is 119 Å². The van der Waals surface area contributed by atoms with Gasteiger partial charge in [0.15, 0.2) is 0 Å². The zero-order valence-electron chi connectivity index (χ0n) is 10.5. The smallest absolute Gasteiger partial charge is 0.321 e. The molecule has 0 heterocycles. The number of carboxylic acids is 1. The molecule has 0 aromatic heterocycles. The Labute approximate surface area is 115 Å². The number of aliphatic carboxylic acids is 1. The van der Waals surface area contributed by atoms with Crippen molar-refractivity contribution in [1.29, 1.82) is 5.26 Å². The number of urea groups is 1. The number of nitrogens with one attached hydrogen (secondary N) is 2. The third-order valence-corrected chi connectivity index (χ3v) is 2.35. The molecule has 0 bridgehead atoms. The number of amides is 3. The number of carbonyl (C=O) groups excluding carboxylic acids is 2. The van der Waals surface area contributed by atoms with Crippen LogP contribution in [-0.4, -0.2) is 23.0 Å². The first-order chi connectivity index (χ1) is 9.51. The van der Waals surface area contributed by atoms with E-state index in [4.69, 9.17) is 10.4 Å². The number of imide groups is 1. The molecule has 7 nitrogen and oxygen atoms in total. The number of nitriles is 1. The van der Waals surface area contributed by atoms with Crippen molar-refractivity contribution in [3.63, 3.8) is 0 Å². The van der Waals surface area contributed by atoms with Crippen LogP contribution in [0.2, 0.25) is 0 Å². The van der Waals surface area contributed by atoms with E-state index in [9.17, 15) is 14.4 Å². The lowest BCUT2D eigenvalue weighted by Crippen LogP contribution is -2.39. The highest BCUT2D eigenvalue weighted by Crippen LogP contribution is 2.02. The number of benzene rings is 1. The molecule has 0 atom stereocenters. The molecule has 0 aliphatic heterocycles. The van der Waals surface area contributed by atoms with Gasteiger partial charge in [-0.1, -0.05) is 12.1 Å². The standard InChI is InChI=1S/C13H13N3O4/c14-7-9-1-3-10(4-2-9)8-15-13(20)16-11(17)5-6-12(18)19/h1-4H,5-6,8H2,(H,18,19)(H2,15,16,17,20). The van der Waals surface area contributed by atoms with Gasteiger partial charge in [0.1, 0.15) is 0 Å². The maximum Gasteiger partial charge on any atom is 0.321 e. The Morgan fingerprint density at radius 2 is 1.80 bits per heavy atom. The Kier molecular flexibility index (Phi) is 5.72. The maximum absolute atomic E-state index is 11.4. The fourth-order valence-electron chi connectivity index (χ4n) is 1.33. The molecule has 0 unspecified atom stereocenters. The quantitative estimate of drug-likeness (QED) is 0.732. The summed E-state index contributed by atoms with van der Waals surface area (Å²) in [4.78, 5) is 32.8. The molecule has 0 saturated carbocycles. The maximum atomic E-state index is 11.4. The lowest BCUT2D eigenvalue weighted by Gasteiger charge is -2.06. The average molecular weight is 275 g/mol. The summed E-state index contributed by atoms with van der Waals surface area (Å²) in [5.74, 6) is -1.75. The monoisotopic (exact) mass is 275 g/mol. The summed E-state index contributed by atoms with van der Waals surface area (Å²) in [7, 11) is 0. The van der Waals surface area contributed by atoms with Crippen molar-refractivity contribution in [1.82, 2.24) is 10.6 Å². The minimum absolute atomic E-state index is 0.198. The van der Waals surface area contributed by atoms with Crippen molar-refractivity contribution in [3.05, 3.63) is 35.4 Å². The zero-order chi connectivity index (χ0) is 15.0. The minimum atomic E-state index is -1.10. The van der Waals surface area contributed by atoms with Gasteiger partial charge in [-0.3, -0.25) is 14.9 Å². The van der Waals surface area contributed by atoms with Crippen LogP contribution in [0.15, 0.2) is 24.3 Å². The van der Waals surface area contributed by atoms with E-state index in [2.05, 4.69) is 5.32 Å². The van der Waals surface area contributed by atoms with E-state index < -0.39 is 17.9 Å². The van der Waals surface area contributed by atoms with Crippen molar-refractivity contribution in [2.24, 2.45) is 0 Å². The summed E-state index contributed by atoms with van der Waals surface area (Å²) in [6.07, 6.45) is -0.575. The minimum Gasteiger partial charge on any atom is -0.481 e. The first-order valence-corrected chi connectivity index (χ1v) is 5.80. The molecule has 1 aromatic carbocycles. The summed E-state index contributed by atoms with van der Waals surface area (Å²) in [5, 5.41) is 21.5. The highest BCUT2D eigenvalue weighted by Gasteiger charge is 2.09. The van der Waals surface area contributed by atoms with Gasteiger partial charge >= 0.3 is 12.0 Å². The van der Waals surface area contributed by atoms with Gasteiger partial charge in [-0.2, -0.15) is 5.26 Å². The average Bonchev–Trinajstić information content (AvgIpc) is 2.43. The van der Waals surface area contributed by atoms with Crippen LogP contribution in [0, 0.1) is 11.3 Å². The van der Waals surface area contributed by atoms with E-state index in [1.165, 1.54) is 0 Å². The second kappa shape index (κ2) is 7.53. The van der Waals surface area contributed by atoms with Crippen LogP contribution in [0.4, 0.5) is 4.79 Å². The van der Waals surface area contributed by atoms with E-state index in [1.807, 2.05) is 11.4 Å². The number of hydrogen-bond donors (Lipinski definition) is 3. The second-order valence-electron chi connectivity index (χ2n) is 3.93. The zero-order valence-corrected chi connectivity index (χ0v) is 10.5. The predicted molar refractivity (Wildman–Crippen MR) is 68.4 cm³/mol. The van der Waals surface area contributed by atoms with Gasteiger partial charge in [-0.25, -0.2) is 4.79 Å². The molecule has 3 N–H and O–H groups in total. The Bertz CT molecular complexity index is 546. The van der Waals surface area contributed by atoms with E-state index in [-0.39, 0.29) is 19.4 Å². The molecule has 0 saturated heterocycles. The summed E-state index contributed by atoms with van der Waals surface area (Å²) in [6.45, 7) is 0.198. The van der Waals surface area contributed by atoms with Crippen LogP contribution < -0.4 is 10.6 Å². The number of carboxylic acid groups (broad SMARTS) is 1. The van der Waals surface area contributed by atoms with Crippen molar-refractivity contribution < 1.29 is 19.5 Å². The van der Waals surface area contributed by atoms with Crippen LogP contribution in [0.1, 0.15) is 24.0 Å². The van der Waals surface area contributed by atoms with Gasteiger partial charge in [0.2, 0.25) is 5.91 Å². The number of nitrogens with zero attached hydrogens (tertiary/aromatic N) is 1. The number of hydrogen-bond acceptors (Lipinski definition) is 4. The van der Waals surface area contributed by atoms with E-state index >= 15 is 0 Å². The first kappa shape index (κ1) is 15.2. The van der Waals surface area contributed by atoms with Gasteiger partial charge in [-0.15, -0.1) is 0 Å². The van der Waals surface area contributed by atoms with Gasteiger partial charge in [0.05, 0.1) is 18.1 Å². The lowest BCUT2D eigenvalue weighted by molar-refractivity contribution is -0.138. The second-order valence-corrected chi connectivity index (χ2v) is 3.93. The van der Waals surface area contributed by atoms with Crippen LogP contribution in [0.3, 0.4) is 0 Å². The fourth-order valence-corrected chi connectivity index (χ4v) is 1.33. The molecular weight excluding hydrogens is 262 g/mol. The fraction of sp³-hybridized carbons (Fsp3) is 0.231. The Hall–Kier alpha value is -2.88. The molecular formula is C13H13N3O4. The molecule has 7 heteroatoms. The van der Waals surface area contributed by atoms with Crippen LogP contribution in [0.5, 0.6) is 0 Å². The summed E-state index contributed by atoms with van der Waals surface area (Å²) < 4.78 is 0. The molecule has 1 rings (SSSR count). The highest BCUT2D eigenvalue weighted by molar-refractivity contribution is 5.95. The summed E-state index contributed by atoms with van der Waals surface area (Å²) in [5.41, 5.74) is 1.29. The molecule has 3 amide bonds. The molecule has 0 fully saturated rings. The molecule has 20 heavy (non-hydrogen) atoms. The van der Waals surface area contributed by atoms with E-state index in [0.29, 0.717) is 5.56 Å². The van der Waals surface area contributed by atoms with Crippen molar-refractivity contribution in [2.45, 2.75) is 19.4 Å². The van der Waals surface area contributed by atoms with Gasteiger partial charge in [0.25, 0.3) is 0 Å². The van der Waals surface area contributed by atoms with Gasteiger partial charge < -0.3 is 10.4 Å². The third kappa shape index (κ3) is 5.64. The van der Waals surface area contributed by atoms with E-state index in [0.717, 1.165) is 5.56 Å². The Balaban J connectivity index is 2.33. The van der Waals surface area contributed by atoms with Crippen LogP contribution in [0.25, 0.3) is 0 Å². The molecule has 0 aliphatic rings. The van der Waals surface area contributed by atoms with Gasteiger partial charge in [0, 0.05) is 13.0 Å². The first-order valence-electron chi connectivity index (χ1n) is 5.80. The van der Waals surface area contributed by atoms with Crippen molar-refractivity contribution >= 4 is 17.9 Å². The van der Waals surface area contributed by atoms with Crippen LogP contribution >= 0.6 is 0 Å². The molecule has 0 aliphatic carbocycles. The largest absolute Gasteiger partial charge is 0.481 e.